The molecule has 1 aromatic heterocycles. The van der Waals surface area contributed by atoms with Crippen molar-refractivity contribution in [2.45, 2.75) is 27.2 Å². The van der Waals surface area contributed by atoms with Gasteiger partial charge in [0, 0.05) is 24.1 Å². The van der Waals surface area contributed by atoms with Crippen LogP contribution in [0.2, 0.25) is 0 Å². The molecule has 114 valence electrons. The molecular formula is C16H17N3O3. The Bertz CT molecular complexity index is 831. The molecule has 0 aliphatic carbocycles. The Morgan fingerprint density at radius 3 is 2.68 bits per heavy atom. The molecule has 0 saturated carbocycles. The number of anilines is 1. The van der Waals surface area contributed by atoms with Crippen LogP contribution in [0.3, 0.4) is 0 Å². The third-order valence-corrected chi connectivity index (χ3v) is 3.25. The van der Waals surface area contributed by atoms with Gasteiger partial charge in [-0.2, -0.15) is 5.26 Å². The number of aromatic amines is 1. The number of carbonyl (C=O) groups is 1. The lowest BCUT2D eigenvalue weighted by Gasteiger charge is -2.13. The largest absolute Gasteiger partial charge is 0.492 e. The predicted molar refractivity (Wildman–Crippen MR) is 84.1 cm³/mol. The molecule has 0 saturated heterocycles. The highest BCUT2D eigenvalue weighted by molar-refractivity contribution is 5.95. The van der Waals surface area contributed by atoms with Crippen molar-refractivity contribution >= 4 is 22.5 Å². The molecule has 0 spiro atoms. The highest BCUT2D eigenvalue weighted by Crippen LogP contribution is 2.29. The van der Waals surface area contributed by atoms with E-state index in [2.05, 4.69) is 10.3 Å². The number of ether oxygens (including phenoxy) is 1. The highest BCUT2D eigenvalue weighted by Gasteiger charge is 2.14. The summed E-state index contributed by atoms with van der Waals surface area (Å²) in [5.41, 5.74) is 1.35. The van der Waals surface area contributed by atoms with Crippen molar-refractivity contribution < 1.29 is 9.53 Å². The smallest absolute Gasteiger partial charge is 0.221 e. The fourth-order valence-corrected chi connectivity index (χ4v) is 2.31. The second kappa shape index (κ2) is 6.31. The zero-order valence-corrected chi connectivity index (χ0v) is 12.7. The van der Waals surface area contributed by atoms with Crippen molar-refractivity contribution in [2.24, 2.45) is 0 Å². The molecule has 1 heterocycles. The monoisotopic (exact) mass is 299 g/mol. The van der Waals surface area contributed by atoms with Crippen LogP contribution in [0, 0.1) is 11.3 Å². The number of amides is 1. The van der Waals surface area contributed by atoms with Crippen molar-refractivity contribution in [3.63, 3.8) is 0 Å². The minimum absolute atomic E-state index is 0.105. The molecule has 1 aromatic carbocycles. The van der Waals surface area contributed by atoms with Crippen molar-refractivity contribution in [3.05, 3.63) is 33.6 Å². The summed E-state index contributed by atoms with van der Waals surface area (Å²) in [6.07, 6.45) is 0.547. The predicted octanol–water partition coefficient (Wildman–Crippen LogP) is 2.32. The van der Waals surface area contributed by atoms with E-state index in [0.29, 0.717) is 41.1 Å². The number of fused-ring (bicyclic) bond motifs is 1. The van der Waals surface area contributed by atoms with E-state index in [0.717, 1.165) is 0 Å². The van der Waals surface area contributed by atoms with E-state index in [9.17, 15) is 14.9 Å². The summed E-state index contributed by atoms with van der Waals surface area (Å²) < 4.78 is 5.51. The average Bonchev–Trinajstić information content (AvgIpc) is 2.48. The van der Waals surface area contributed by atoms with Gasteiger partial charge in [-0.15, -0.1) is 0 Å². The lowest BCUT2D eigenvalue weighted by molar-refractivity contribution is -0.114. The molecule has 0 aliphatic heterocycles. The van der Waals surface area contributed by atoms with Gasteiger partial charge >= 0.3 is 0 Å². The van der Waals surface area contributed by atoms with Crippen LogP contribution in [0.5, 0.6) is 5.75 Å². The number of benzene rings is 1. The van der Waals surface area contributed by atoms with Crippen LogP contribution in [-0.2, 0) is 11.2 Å². The summed E-state index contributed by atoms with van der Waals surface area (Å²) in [5, 5.41) is 12.2. The van der Waals surface area contributed by atoms with Crippen LogP contribution in [0.25, 0.3) is 10.9 Å². The average molecular weight is 299 g/mol. The molecule has 0 radical (unpaired) electrons. The number of nitriles is 1. The van der Waals surface area contributed by atoms with E-state index in [1.807, 2.05) is 19.9 Å². The number of nitrogens with one attached hydrogen (secondary N) is 2. The van der Waals surface area contributed by atoms with E-state index in [1.165, 1.54) is 6.92 Å². The number of aromatic nitrogens is 1. The summed E-state index contributed by atoms with van der Waals surface area (Å²) >= 11 is 0. The maximum absolute atomic E-state index is 12.5. The second-order valence-corrected chi connectivity index (χ2v) is 4.78. The number of rotatable bonds is 4. The first-order valence-corrected chi connectivity index (χ1v) is 7.05. The van der Waals surface area contributed by atoms with Gasteiger partial charge in [0.05, 0.1) is 17.8 Å². The highest BCUT2D eigenvalue weighted by atomic mass is 16.5. The van der Waals surface area contributed by atoms with Crippen LogP contribution >= 0.6 is 0 Å². The molecule has 1 amide bonds. The molecule has 0 aliphatic rings. The quantitative estimate of drug-likeness (QED) is 0.905. The van der Waals surface area contributed by atoms with Crippen LogP contribution in [0.15, 0.2) is 16.9 Å². The summed E-state index contributed by atoms with van der Waals surface area (Å²) in [5.74, 6) is 0.218. The minimum atomic E-state index is -0.345. The maximum atomic E-state index is 12.5. The summed E-state index contributed by atoms with van der Waals surface area (Å²) in [6, 6.07) is 5.16. The summed E-state index contributed by atoms with van der Waals surface area (Å²) in [6.45, 7) is 5.51. The van der Waals surface area contributed by atoms with Crippen LogP contribution in [-0.4, -0.2) is 17.5 Å². The van der Waals surface area contributed by atoms with E-state index < -0.39 is 0 Å². The number of pyridine rings is 1. The SMILES string of the molecule is CCOc1cc2[nH]c(CC)c(C#N)c(=O)c2cc1NC(C)=O. The van der Waals surface area contributed by atoms with Gasteiger partial charge in [0.1, 0.15) is 17.4 Å². The Morgan fingerprint density at radius 1 is 1.41 bits per heavy atom. The molecule has 2 N–H and O–H groups in total. The minimum Gasteiger partial charge on any atom is -0.492 e. The Hall–Kier alpha value is -2.81. The Balaban J connectivity index is 2.79. The van der Waals surface area contributed by atoms with Crippen molar-refractivity contribution in [3.8, 4) is 11.8 Å². The molecule has 2 rings (SSSR count). The first-order chi connectivity index (χ1) is 10.5. The van der Waals surface area contributed by atoms with Gasteiger partial charge in [-0.1, -0.05) is 6.92 Å². The van der Waals surface area contributed by atoms with Crippen LogP contribution < -0.4 is 15.5 Å². The molecule has 6 heteroatoms. The number of aryl methyl sites for hydroxylation is 1. The molecule has 6 nitrogen and oxygen atoms in total. The van der Waals surface area contributed by atoms with E-state index >= 15 is 0 Å². The Labute approximate surface area is 127 Å². The van der Waals surface area contributed by atoms with Crippen LogP contribution in [0.1, 0.15) is 32.0 Å². The van der Waals surface area contributed by atoms with Gasteiger partial charge < -0.3 is 15.0 Å². The van der Waals surface area contributed by atoms with Gasteiger partial charge in [0.25, 0.3) is 0 Å². The maximum Gasteiger partial charge on any atom is 0.221 e. The molecule has 0 atom stereocenters. The number of hydrogen-bond acceptors (Lipinski definition) is 4. The lowest BCUT2D eigenvalue weighted by atomic mass is 10.1. The second-order valence-electron chi connectivity index (χ2n) is 4.78. The van der Waals surface area contributed by atoms with Gasteiger partial charge in [0.15, 0.2) is 0 Å². The van der Waals surface area contributed by atoms with E-state index in [1.54, 1.807) is 12.1 Å². The van der Waals surface area contributed by atoms with Crippen LogP contribution in [0.4, 0.5) is 5.69 Å². The summed E-state index contributed by atoms with van der Waals surface area (Å²) in [4.78, 5) is 26.9. The first-order valence-electron chi connectivity index (χ1n) is 7.05. The molecule has 0 fully saturated rings. The molecule has 2 aromatic rings. The van der Waals surface area contributed by atoms with Crippen molar-refractivity contribution in [1.82, 2.24) is 4.98 Å². The fourth-order valence-electron chi connectivity index (χ4n) is 2.31. The first kappa shape index (κ1) is 15.6. The van der Waals surface area contributed by atoms with Gasteiger partial charge in [-0.3, -0.25) is 9.59 Å². The van der Waals surface area contributed by atoms with E-state index in [-0.39, 0.29) is 16.9 Å². The zero-order valence-electron chi connectivity index (χ0n) is 12.7. The number of H-pyrrole nitrogens is 1. The van der Waals surface area contributed by atoms with Crippen molar-refractivity contribution in [1.29, 1.82) is 5.26 Å². The normalized spacial score (nSPS) is 10.3. The van der Waals surface area contributed by atoms with Gasteiger partial charge in [-0.05, 0) is 19.4 Å². The topological polar surface area (TPSA) is 95.0 Å². The lowest BCUT2D eigenvalue weighted by Crippen LogP contribution is -2.14. The van der Waals surface area contributed by atoms with Gasteiger partial charge in [-0.25, -0.2) is 0 Å². The Kier molecular flexibility index (Phi) is 4.47. The van der Waals surface area contributed by atoms with Crippen molar-refractivity contribution in [2.75, 3.05) is 11.9 Å². The number of nitrogens with zero attached hydrogens (tertiary/aromatic N) is 1. The number of hydrogen-bond donors (Lipinski definition) is 2. The molecular weight excluding hydrogens is 282 g/mol. The number of carbonyl (C=O) groups excluding carboxylic acids is 1. The molecule has 22 heavy (non-hydrogen) atoms. The standard InChI is InChI=1S/C16H17N3O3/c1-4-12-11(8-17)16(21)10-6-14(18-9(3)20)15(22-5-2)7-13(10)19-12/h6-7H,4-5H2,1-3H3,(H,18,20)(H,19,21). The fraction of sp³-hybridized carbons (Fsp3) is 0.312. The summed E-state index contributed by atoms with van der Waals surface area (Å²) in [7, 11) is 0. The zero-order chi connectivity index (χ0) is 16.3. The molecule has 0 unspecified atom stereocenters. The third kappa shape index (κ3) is 2.79. The Morgan fingerprint density at radius 2 is 2.14 bits per heavy atom. The van der Waals surface area contributed by atoms with Gasteiger partial charge in [0.2, 0.25) is 11.3 Å². The van der Waals surface area contributed by atoms with E-state index in [4.69, 9.17) is 4.74 Å². The molecule has 0 bridgehead atoms. The third-order valence-electron chi connectivity index (χ3n) is 3.25.